The normalized spacial score (nSPS) is 40.3. The van der Waals surface area contributed by atoms with E-state index in [2.05, 4.69) is 0 Å². The van der Waals surface area contributed by atoms with Gasteiger partial charge in [0.15, 0.2) is 5.60 Å². The van der Waals surface area contributed by atoms with Crippen molar-refractivity contribution in [3.63, 3.8) is 0 Å². The van der Waals surface area contributed by atoms with Crippen molar-refractivity contribution in [1.29, 1.82) is 0 Å². The molecule has 1 saturated heterocycles. The molecule has 2 fully saturated rings. The van der Waals surface area contributed by atoms with Gasteiger partial charge >= 0.3 is 5.97 Å². The average Bonchev–Trinajstić information content (AvgIpc) is 2.98. The average molecular weight is 242 g/mol. The van der Waals surface area contributed by atoms with Gasteiger partial charge in [0, 0.05) is 13.5 Å². The topological polar surface area (TPSA) is 48.1 Å². The van der Waals surface area contributed by atoms with Crippen LogP contribution in [0.5, 0.6) is 0 Å². The lowest BCUT2D eigenvalue weighted by Gasteiger charge is -2.28. The van der Waals surface area contributed by atoms with E-state index in [9.17, 15) is 4.79 Å². The molecule has 2 aliphatic rings. The second-order valence-electron chi connectivity index (χ2n) is 4.95. The molecule has 3 unspecified atom stereocenters. The zero-order valence-corrected chi connectivity index (χ0v) is 11.0. The Kier molecular flexibility index (Phi) is 3.46. The van der Waals surface area contributed by atoms with Crippen molar-refractivity contribution in [2.75, 3.05) is 13.7 Å². The van der Waals surface area contributed by atoms with E-state index in [1.165, 1.54) is 0 Å². The Labute approximate surface area is 103 Å². The molecule has 0 amide bonds. The highest BCUT2D eigenvalue weighted by Crippen LogP contribution is 2.59. The highest BCUT2D eigenvalue weighted by Gasteiger charge is 2.74. The quantitative estimate of drug-likeness (QED) is 0.559. The number of hydrogen-bond donors (Lipinski definition) is 0. The maximum atomic E-state index is 12.0. The van der Waals surface area contributed by atoms with Crippen LogP contribution in [-0.2, 0) is 19.0 Å². The minimum atomic E-state index is -0.694. The second kappa shape index (κ2) is 4.58. The smallest absolute Gasteiger partial charge is 0.341 e. The molecule has 0 aromatic carbocycles. The molecule has 1 saturated carbocycles. The largest absolute Gasteiger partial charge is 0.464 e. The molecule has 1 heterocycles. The number of ether oxygens (including phenoxy) is 3. The Hall–Kier alpha value is -0.610. The van der Waals surface area contributed by atoms with Gasteiger partial charge in [-0.15, -0.1) is 0 Å². The molecule has 4 heteroatoms. The Morgan fingerprint density at radius 3 is 2.82 bits per heavy atom. The summed E-state index contributed by atoms with van der Waals surface area (Å²) in [5.41, 5.74) is -1.01. The summed E-state index contributed by atoms with van der Waals surface area (Å²) in [6.45, 7) is 4.23. The number of rotatable bonds is 4. The molecule has 17 heavy (non-hydrogen) atoms. The van der Waals surface area contributed by atoms with Crippen molar-refractivity contribution in [3.8, 4) is 0 Å². The van der Waals surface area contributed by atoms with Crippen LogP contribution in [0.25, 0.3) is 0 Å². The van der Waals surface area contributed by atoms with Gasteiger partial charge in [-0.2, -0.15) is 0 Å². The van der Waals surface area contributed by atoms with Crippen LogP contribution in [0.15, 0.2) is 0 Å². The van der Waals surface area contributed by atoms with E-state index in [0.717, 1.165) is 25.7 Å². The molecule has 0 bridgehead atoms. The Balaban J connectivity index is 2.10. The van der Waals surface area contributed by atoms with E-state index in [-0.39, 0.29) is 17.7 Å². The molecular formula is C13H22O4. The number of carbonyl (C=O) groups is 1. The van der Waals surface area contributed by atoms with Crippen molar-refractivity contribution in [3.05, 3.63) is 0 Å². The number of methoxy groups -OCH3 is 1. The third kappa shape index (κ3) is 1.87. The number of carbonyl (C=O) groups excluding carboxylic acids is 1. The third-order valence-electron chi connectivity index (χ3n) is 4.16. The van der Waals surface area contributed by atoms with E-state index in [1.54, 1.807) is 7.11 Å². The van der Waals surface area contributed by atoms with Crippen LogP contribution in [0.3, 0.4) is 0 Å². The maximum Gasteiger partial charge on any atom is 0.341 e. The van der Waals surface area contributed by atoms with E-state index < -0.39 is 5.60 Å². The van der Waals surface area contributed by atoms with Gasteiger partial charge in [0.2, 0.25) is 0 Å². The predicted molar refractivity (Wildman–Crippen MR) is 62.7 cm³/mol. The van der Waals surface area contributed by atoms with Crippen LogP contribution in [0.2, 0.25) is 0 Å². The van der Waals surface area contributed by atoms with Crippen molar-refractivity contribution in [1.82, 2.24) is 0 Å². The molecule has 3 atom stereocenters. The first-order valence-electron chi connectivity index (χ1n) is 6.54. The van der Waals surface area contributed by atoms with Crippen LogP contribution in [0, 0.1) is 0 Å². The molecule has 2 rings (SSSR count). The maximum absolute atomic E-state index is 12.0. The van der Waals surface area contributed by atoms with Gasteiger partial charge in [-0.25, -0.2) is 4.79 Å². The lowest BCUT2D eigenvalue weighted by atomic mass is 9.77. The van der Waals surface area contributed by atoms with Gasteiger partial charge in [0.05, 0.1) is 12.7 Å². The molecule has 0 aromatic heterocycles. The van der Waals surface area contributed by atoms with E-state index in [0.29, 0.717) is 13.0 Å². The lowest BCUT2D eigenvalue weighted by molar-refractivity contribution is -0.149. The number of esters is 1. The molecule has 0 radical (unpaired) electrons. The minimum Gasteiger partial charge on any atom is -0.464 e. The number of hydrogen-bond acceptors (Lipinski definition) is 4. The summed E-state index contributed by atoms with van der Waals surface area (Å²) >= 11 is 0. The van der Waals surface area contributed by atoms with Gasteiger partial charge < -0.3 is 14.2 Å². The third-order valence-corrected chi connectivity index (χ3v) is 4.16. The fourth-order valence-corrected chi connectivity index (χ4v) is 3.17. The van der Waals surface area contributed by atoms with Gasteiger partial charge in [-0.1, -0.05) is 6.92 Å². The van der Waals surface area contributed by atoms with Crippen LogP contribution < -0.4 is 0 Å². The highest BCUT2D eigenvalue weighted by molar-refractivity contribution is 5.85. The lowest BCUT2D eigenvalue weighted by Crippen LogP contribution is -2.40. The van der Waals surface area contributed by atoms with Gasteiger partial charge in [0.1, 0.15) is 5.60 Å². The minimum absolute atomic E-state index is 0.195. The van der Waals surface area contributed by atoms with E-state index >= 15 is 0 Å². The molecule has 1 aliphatic carbocycles. The fraction of sp³-hybridized carbons (Fsp3) is 0.923. The van der Waals surface area contributed by atoms with Gasteiger partial charge in [-0.3, -0.25) is 0 Å². The molecule has 0 N–H and O–H groups in total. The second-order valence-corrected chi connectivity index (χ2v) is 4.95. The summed E-state index contributed by atoms with van der Waals surface area (Å²) < 4.78 is 16.4. The summed E-state index contributed by atoms with van der Waals surface area (Å²) in [6.07, 6.45) is 4.77. The molecule has 0 aromatic rings. The standard InChI is InChI=1S/C13H22O4/c1-4-13(11(14)16-5-2)12(17-13)8-6-7-10(9-12)15-3/h10H,4-9H2,1-3H3. The molecule has 1 spiro atoms. The SMILES string of the molecule is CCOC(=O)C1(CC)OC12CCCC(OC)C2. The Morgan fingerprint density at radius 2 is 2.24 bits per heavy atom. The van der Waals surface area contributed by atoms with Gasteiger partial charge in [-0.05, 0) is 32.6 Å². The molecule has 1 aliphatic heterocycles. The summed E-state index contributed by atoms with van der Waals surface area (Å²) in [5, 5.41) is 0. The Morgan fingerprint density at radius 1 is 1.47 bits per heavy atom. The van der Waals surface area contributed by atoms with Crippen LogP contribution >= 0.6 is 0 Å². The predicted octanol–water partition coefficient (Wildman–Crippen LogP) is 2.06. The van der Waals surface area contributed by atoms with Gasteiger partial charge in [0.25, 0.3) is 0 Å². The van der Waals surface area contributed by atoms with Crippen molar-refractivity contribution >= 4 is 5.97 Å². The fourth-order valence-electron chi connectivity index (χ4n) is 3.17. The molecular weight excluding hydrogens is 220 g/mol. The van der Waals surface area contributed by atoms with Crippen molar-refractivity contribution in [2.24, 2.45) is 0 Å². The summed E-state index contributed by atoms with van der Waals surface area (Å²) in [6, 6.07) is 0. The number of epoxide rings is 1. The highest BCUT2D eigenvalue weighted by atomic mass is 16.7. The van der Waals surface area contributed by atoms with Crippen LogP contribution in [-0.4, -0.2) is 37.0 Å². The summed E-state index contributed by atoms with van der Waals surface area (Å²) in [4.78, 5) is 12.0. The first kappa shape index (κ1) is 12.8. The van der Waals surface area contributed by atoms with Crippen LogP contribution in [0.4, 0.5) is 0 Å². The summed E-state index contributed by atoms with van der Waals surface area (Å²) in [7, 11) is 1.73. The van der Waals surface area contributed by atoms with Crippen molar-refractivity contribution in [2.45, 2.75) is 63.3 Å². The first-order valence-corrected chi connectivity index (χ1v) is 6.54. The molecule has 98 valence electrons. The first-order chi connectivity index (χ1) is 8.14. The van der Waals surface area contributed by atoms with Crippen molar-refractivity contribution < 1.29 is 19.0 Å². The van der Waals surface area contributed by atoms with Crippen LogP contribution in [0.1, 0.15) is 46.0 Å². The zero-order valence-electron chi connectivity index (χ0n) is 11.0. The summed E-state index contributed by atoms with van der Waals surface area (Å²) in [5.74, 6) is -0.195. The van der Waals surface area contributed by atoms with E-state index in [4.69, 9.17) is 14.2 Å². The molecule has 4 nitrogen and oxygen atoms in total. The zero-order chi connectivity index (χ0) is 12.5. The Bertz CT molecular complexity index is 304. The monoisotopic (exact) mass is 242 g/mol. The van der Waals surface area contributed by atoms with E-state index in [1.807, 2.05) is 13.8 Å².